The lowest BCUT2D eigenvalue weighted by Gasteiger charge is -2.38. The van der Waals surface area contributed by atoms with E-state index >= 15 is 0 Å². The summed E-state index contributed by atoms with van der Waals surface area (Å²) in [6.45, 7) is 4.52. The first-order valence-corrected chi connectivity index (χ1v) is 9.13. The number of aromatic nitrogens is 2. The monoisotopic (exact) mass is 369 g/mol. The van der Waals surface area contributed by atoms with E-state index in [4.69, 9.17) is 9.47 Å². The quantitative estimate of drug-likeness (QED) is 0.856. The number of nitrogens with one attached hydrogen (secondary N) is 2. The molecule has 2 saturated heterocycles. The van der Waals surface area contributed by atoms with Crippen molar-refractivity contribution >= 4 is 29.0 Å². The van der Waals surface area contributed by atoms with Gasteiger partial charge in [-0.25, -0.2) is 4.98 Å². The molecule has 2 N–H and O–H groups in total. The van der Waals surface area contributed by atoms with Crippen molar-refractivity contribution < 1.29 is 14.3 Å². The van der Waals surface area contributed by atoms with Gasteiger partial charge in [-0.2, -0.15) is 4.98 Å². The zero-order valence-corrected chi connectivity index (χ0v) is 15.3. The summed E-state index contributed by atoms with van der Waals surface area (Å²) >= 11 is 0. The van der Waals surface area contributed by atoms with Crippen LogP contribution in [0.3, 0.4) is 0 Å². The number of carbonyl (C=O) groups is 1. The molecule has 8 heteroatoms. The Morgan fingerprint density at radius 3 is 2.41 bits per heavy atom. The average Bonchev–Trinajstić information content (AvgIpc) is 3.12. The lowest BCUT2D eigenvalue weighted by Crippen LogP contribution is -2.45. The van der Waals surface area contributed by atoms with Crippen LogP contribution in [0.4, 0.5) is 23.1 Å². The van der Waals surface area contributed by atoms with E-state index in [9.17, 15) is 4.79 Å². The van der Waals surface area contributed by atoms with Crippen molar-refractivity contribution in [2.45, 2.75) is 25.6 Å². The highest BCUT2D eigenvalue weighted by atomic mass is 16.7. The molecule has 2 aliphatic heterocycles. The molecular weight excluding hydrogens is 346 g/mol. The smallest absolute Gasteiger partial charge is 0.229 e. The van der Waals surface area contributed by atoms with Crippen LogP contribution in [0, 0.1) is 0 Å². The zero-order chi connectivity index (χ0) is 18.7. The lowest BCUT2D eigenvalue weighted by atomic mass is 10.0. The number of hydrogen-bond donors (Lipinski definition) is 2. The molecule has 0 saturated carbocycles. The fourth-order valence-corrected chi connectivity index (χ4v) is 3.42. The zero-order valence-electron chi connectivity index (χ0n) is 15.3. The predicted molar refractivity (Wildman–Crippen MR) is 102 cm³/mol. The Kier molecular flexibility index (Phi) is 4.91. The third kappa shape index (κ3) is 4.17. The third-order valence-electron chi connectivity index (χ3n) is 4.77. The van der Waals surface area contributed by atoms with Crippen LogP contribution in [0.2, 0.25) is 0 Å². The second-order valence-corrected chi connectivity index (χ2v) is 6.72. The number of rotatable bonds is 4. The minimum atomic E-state index is -0.389. The van der Waals surface area contributed by atoms with Crippen molar-refractivity contribution in [3.8, 4) is 0 Å². The highest BCUT2D eigenvalue weighted by Crippen LogP contribution is 2.32. The van der Waals surface area contributed by atoms with Crippen molar-refractivity contribution in [2.24, 2.45) is 0 Å². The normalized spacial score (nSPS) is 18.5. The molecular formula is C19H23N5O3. The summed E-state index contributed by atoms with van der Waals surface area (Å²) in [5.74, 6) is 0.937. The van der Waals surface area contributed by atoms with Gasteiger partial charge in [0.2, 0.25) is 11.9 Å². The largest absolute Gasteiger partial charge is 0.356 e. The van der Waals surface area contributed by atoms with Gasteiger partial charge >= 0.3 is 0 Å². The van der Waals surface area contributed by atoms with Gasteiger partial charge < -0.3 is 25.0 Å². The molecule has 2 fully saturated rings. The van der Waals surface area contributed by atoms with E-state index in [0.29, 0.717) is 19.2 Å². The molecule has 2 aliphatic rings. The van der Waals surface area contributed by atoms with Crippen LogP contribution in [0.1, 0.15) is 19.8 Å². The SMILES string of the molecule is CC(=O)Nc1ccc(Nc2nccc(N3CCC4(CC3)OCCO4)n2)cc1. The van der Waals surface area contributed by atoms with Crippen LogP contribution in [0.5, 0.6) is 0 Å². The second-order valence-electron chi connectivity index (χ2n) is 6.72. The number of carbonyl (C=O) groups excluding carboxylic acids is 1. The minimum absolute atomic E-state index is 0.0940. The van der Waals surface area contributed by atoms with Crippen LogP contribution in [-0.4, -0.2) is 48.0 Å². The molecule has 0 unspecified atom stereocenters. The molecule has 4 rings (SSSR count). The highest BCUT2D eigenvalue weighted by molar-refractivity contribution is 5.88. The molecule has 142 valence electrons. The van der Waals surface area contributed by atoms with Crippen LogP contribution < -0.4 is 15.5 Å². The number of ether oxygens (including phenoxy) is 2. The van der Waals surface area contributed by atoms with Gasteiger partial charge in [0.1, 0.15) is 5.82 Å². The molecule has 1 spiro atoms. The number of anilines is 4. The van der Waals surface area contributed by atoms with Crippen molar-refractivity contribution in [3.05, 3.63) is 36.5 Å². The van der Waals surface area contributed by atoms with Gasteiger partial charge in [-0.05, 0) is 30.3 Å². The minimum Gasteiger partial charge on any atom is -0.356 e. The molecule has 1 aromatic heterocycles. The molecule has 1 amide bonds. The van der Waals surface area contributed by atoms with Crippen LogP contribution >= 0.6 is 0 Å². The standard InChI is InChI=1S/C19H23N5O3/c1-14(25)21-15-2-4-16(5-3-15)22-18-20-9-6-17(23-18)24-10-7-19(8-11-24)26-12-13-27-19/h2-6,9H,7-8,10-13H2,1H3,(H,21,25)(H,20,22,23). The maximum atomic E-state index is 11.1. The molecule has 8 nitrogen and oxygen atoms in total. The van der Waals surface area contributed by atoms with Gasteiger partial charge in [-0.15, -0.1) is 0 Å². The second kappa shape index (κ2) is 7.50. The van der Waals surface area contributed by atoms with Crippen LogP contribution in [0.15, 0.2) is 36.5 Å². The average molecular weight is 369 g/mol. The molecule has 27 heavy (non-hydrogen) atoms. The maximum absolute atomic E-state index is 11.1. The Balaban J connectivity index is 1.40. The van der Waals surface area contributed by atoms with E-state index in [1.165, 1.54) is 6.92 Å². The molecule has 3 heterocycles. The molecule has 1 aromatic carbocycles. The Labute approximate surface area is 157 Å². The molecule has 0 aliphatic carbocycles. The number of nitrogens with zero attached hydrogens (tertiary/aromatic N) is 3. The third-order valence-corrected chi connectivity index (χ3v) is 4.77. The summed E-state index contributed by atoms with van der Waals surface area (Å²) in [6.07, 6.45) is 3.43. The van der Waals surface area contributed by atoms with E-state index in [1.54, 1.807) is 6.20 Å². The van der Waals surface area contributed by atoms with Crippen molar-refractivity contribution in [1.29, 1.82) is 0 Å². The molecule has 0 bridgehead atoms. The van der Waals surface area contributed by atoms with Crippen LogP contribution in [0.25, 0.3) is 0 Å². The molecule has 2 aromatic rings. The van der Waals surface area contributed by atoms with E-state index in [1.807, 2.05) is 30.3 Å². The van der Waals surface area contributed by atoms with E-state index in [-0.39, 0.29) is 11.7 Å². The van der Waals surface area contributed by atoms with Gasteiger partial charge in [-0.3, -0.25) is 4.79 Å². The number of piperidine rings is 1. The van der Waals surface area contributed by atoms with Crippen molar-refractivity contribution in [1.82, 2.24) is 9.97 Å². The first-order valence-electron chi connectivity index (χ1n) is 9.13. The fraction of sp³-hybridized carbons (Fsp3) is 0.421. The Morgan fingerprint density at radius 1 is 1.07 bits per heavy atom. The maximum Gasteiger partial charge on any atom is 0.229 e. The number of amides is 1. The van der Waals surface area contributed by atoms with Gasteiger partial charge in [0, 0.05) is 50.4 Å². The summed E-state index contributed by atoms with van der Waals surface area (Å²) < 4.78 is 11.6. The Hall–Kier alpha value is -2.71. The summed E-state index contributed by atoms with van der Waals surface area (Å²) in [7, 11) is 0. The first-order chi connectivity index (χ1) is 13.1. The van der Waals surface area contributed by atoms with Gasteiger partial charge in [0.15, 0.2) is 5.79 Å². The van der Waals surface area contributed by atoms with Gasteiger partial charge in [0.05, 0.1) is 13.2 Å². The van der Waals surface area contributed by atoms with Crippen molar-refractivity contribution in [2.75, 3.05) is 41.8 Å². The number of hydrogen-bond acceptors (Lipinski definition) is 7. The van der Waals surface area contributed by atoms with Gasteiger partial charge in [-0.1, -0.05) is 0 Å². The summed E-state index contributed by atoms with van der Waals surface area (Å²) in [5, 5.41) is 5.95. The van der Waals surface area contributed by atoms with Crippen LogP contribution in [-0.2, 0) is 14.3 Å². The Morgan fingerprint density at radius 2 is 1.74 bits per heavy atom. The fourth-order valence-electron chi connectivity index (χ4n) is 3.42. The van der Waals surface area contributed by atoms with E-state index in [2.05, 4.69) is 25.5 Å². The van der Waals surface area contributed by atoms with E-state index in [0.717, 1.165) is 43.1 Å². The summed E-state index contributed by atoms with van der Waals surface area (Å²) in [6, 6.07) is 9.33. The predicted octanol–water partition coefficient (Wildman–Crippen LogP) is 2.52. The highest BCUT2D eigenvalue weighted by Gasteiger charge is 2.40. The number of benzene rings is 1. The van der Waals surface area contributed by atoms with Gasteiger partial charge in [0.25, 0.3) is 0 Å². The Bertz CT molecular complexity index is 795. The first kappa shape index (κ1) is 17.7. The topological polar surface area (TPSA) is 88.6 Å². The van der Waals surface area contributed by atoms with E-state index < -0.39 is 0 Å². The lowest BCUT2D eigenvalue weighted by molar-refractivity contribution is -0.169. The summed E-state index contributed by atoms with van der Waals surface area (Å²) in [5.41, 5.74) is 1.60. The molecule has 0 atom stereocenters. The summed E-state index contributed by atoms with van der Waals surface area (Å²) in [4.78, 5) is 22.3. The van der Waals surface area contributed by atoms with Crippen molar-refractivity contribution in [3.63, 3.8) is 0 Å². The molecule has 0 radical (unpaired) electrons.